The molecule has 0 saturated carbocycles. The lowest BCUT2D eigenvalue weighted by Crippen LogP contribution is -2.23. The number of alkyl halides is 2. The van der Waals surface area contributed by atoms with Gasteiger partial charge in [-0.05, 0) is 37.2 Å². The molecule has 0 amide bonds. The molecule has 4 heterocycles. The first-order chi connectivity index (χ1) is 15.4. The number of hydrogen-bond donors (Lipinski definition) is 1. The van der Waals surface area contributed by atoms with Gasteiger partial charge in [-0.2, -0.15) is 4.98 Å². The topological polar surface area (TPSA) is 98.7 Å². The van der Waals surface area contributed by atoms with E-state index < -0.39 is 5.92 Å². The predicted octanol–water partition coefficient (Wildman–Crippen LogP) is 3.77. The van der Waals surface area contributed by atoms with Gasteiger partial charge in [0.1, 0.15) is 12.4 Å². The lowest BCUT2D eigenvalue weighted by Gasteiger charge is -2.15. The van der Waals surface area contributed by atoms with Crippen molar-refractivity contribution in [1.82, 2.24) is 30.0 Å². The summed E-state index contributed by atoms with van der Waals surface area (Å²) in [6, 6.07) is 5.72. The molecule has 0 aliphatic carbocycles. The van der Waals surface area contributed by atoms with E-state index in [0.717, 1.165) is 27.8 Å². The van der Waals surface area contributed by atoms with E-state index in [1.54, 1.807) is 32.6 Å². The molecule has 10 heteroatoms. The number of rotatable bonds is 8. The number of fused-ring (bicyclic) bond motifs is 1. The first kappa shape index (κ1) is 23.1. The van der Waals surface area contributed by atoms with Gasteiger partial charge < -0.3 is 14.6 Å². The van der Waals surface area contributed by atoms with Gasteiger partial charge in [-0.15, -0.1) is 0 Å². The van der Waals surface area contributed by atoms with Crippen molar-refractivity contribution >= 4 is 17.8 Å². The summed E-state index contributed by atoms with van der Waals surface area (Å²) in [5, 5.41) is 7.57. The first-order valence-electron chi connectivity index (χ1n) is 9.98. The fraction of sp³-hybridized carbons (Fsp3) is 0.318. The minimum absolute atomic E-state index is 0.168. The molecule has 0 atom stereocenters. The van der Waals surface area contributed by atoms with E-state index in [-0.39, 0.29) is 19.3 Å². The molecule has 4 aromatic rings. The minimum atomic E-state index is -2.69. The lowest BCUT2D eigenvalue weighted by atomic mass is 10.0. The van der Waals surface area contributed by atoms with Crippen molar-refractivity contribution < 1.29 is 18.1 Å². The zero-order valence-electron chi connectivity index (χ0n) is 17.9. The molecule has 32 heavy (non-hydrogen) atoms. The van der Waals surface area contributed by atoms with Crippen molar-refractivity contribution in [3.8, 4) is 17.1 Å². The third-order valence-corrected chi connectivity index (χ3v) is 4.89. The van der Waals surface area contributed by atoms with Crippen molar-refractivity contribution in [2.45, 2.75) is 32.1 Å². The van der Waals surface area contributed by atoms with Crippen molar-refractivity contribution in [2.75, 3.05) is 13.6 Å². The number of carbonyl (C=O) groups is 1. The molecule has 0 aliphatic heterocycles. The molecule has 4 aromatic heterocycles. The predicted molar refractivity (Wildman–Crippen MR) is 116 cm³/mol. The first-order valence-corrected chi connectivity index (χ1v) is 9.98. The molecular formula is C22H24F2N6O2. The Morgan fingerprint density at radius 2 is 2.00 bits per heavy atom. The molecule has 1 N–H and O–H groups in total. The van der Waals surface area contributed by atoms with Gasteiger partial charge in [-0.3, -0.25) is 9.55 Å². The van der Waals surface area contributed by atoms with E-state index in [2.05, 4.69) is 25.4 Å². The van der Waals surface area contributed by atoms with E-state index in [1.807, 2.05) is 35.8 Å². The molecule has 0 bridgehead atoms. The second kappa shape index (κ2) is 10.2. The van der Waals surface area contributed by atoms with Gasteiger partial charge in [0, 0.05) is 55.9 Å². The second-order valence-electron chi connectivity index (χ2n) is 7.22. The number of nitrogens with one attached hydrogen (secondary N) is 1. The van der Waals surface area contributed by atoms with Crippen molar-refractivity contribution in [3.05, 3.63) is 54.4 Å². The highest BCUT2D eigenvalue weighted by molar-refractivity contribution is 5.79. The van der Waals surface area contributed by atoms with Crippen LogP contribution in [0.3, 0.4) is 0 Å². The molecule has 8 nitrogen and oxygen atoms in total. The molecule has 0 aliphatic rings. The smallest absolute Gasteiger partial charge is 0.249 e. The van der Waals surface area contributed by atoms with Crippen LogP contribution in [0.1, 0.15) is 24.3 Å². The normalized spacial score (nSPS) is 11.4. The van der Waals surface area contributed by atoms with Gasteiger partial charge in [0.15, 0.2) is 0 Å². The Balaban J connectivity index is 0.00000141. The molecule has 0 unspecified atom stereocenters. The number of hydrogen-bond acceptors (Lipinski definition) is 7. The van der Waals surface area contributed by atoms with Gasteiger partial charge >= 0.3 is 0 Å². The molecule has 0 spiro atoms. The van der Waals surface area contributed by atoms with E-state index in [4.69, 9.17) is 9.32 Å². The summed E-state index contributed by atoms with van der Waals surface area (Å²) in [7, 11) is 1.67. The molecule has 0 aromatic carbocycles. The monoisotopic (exact) mass is 442 g/mol. The second-order valence-corrected chi connectivity index (χ2v) is 7.22. The summed E-state index contributed by atoms with van der Waals surface area (Å²) in [5.74, 6) is -1.75. The van der Waals surface area contributed by atoms with Gasteiger partial charge in [-0.25, -0.2) is 13.8 Å². The number of carbonyl (C=O) groups excluding carboxylic acids is 1. The van der Waals surface area contributed by atoms with Crippen LogP contribution in [0.25, 0.3) is 28.1 Å². The summed E-state index contributed by atoms with van der Waals surface area (Å²) in [6.07, 6.45) is 6.83. The highest BCUT2D eigenvalue weighted by Crippen LogP contribution is 2.26. The van der Waals surface area contributed by atoms with Gasteiger partial charge in [0.25, 0.3) is 0 Å². The SMILES string of the molecule is C=O.CNCCC(F)(F)CCc1cnc2c(ccn2-c2cncc(-c3noc(C)n3)c2)c1. The summed E-state index contributed by atoms with van der Waals surface area (Å²) in [5.41, 5.74) is 3.04. The number of nitrogens with zero attached hydrogens (tertiary/aromatic N) is 5. The van der Waals surface area contributed by atoms with Gasteiger partial charge in [-0.1, -0.05) is 5.16 Å². The van der Waals surface area contributed by atoms with Crippen LogP contribution in [0.5, 0.6) is 0 Å². The Kier molecular flexibility index (Phi) is 7.37. The van der Waals surface area contributed by atoms with Gasteiger partial charge in [0.2, 0.25) is 17.6 Å². The Bertz CT molecular complexity index is 1170. The van der Waals surface area contributed by atoms with Crippen molar-refractivity contribution in [1.29, 1.82) is 0 Å². The molecule has 168 valence electrons. The summed E-state index contributed by atoms with van der Waals surface area (Å²) in [6.45, 7) is 4.02. The number of pyridine rings is 2. The molecule has 0 saturated heterocycles. The van der Waals surface area contributed by atoms with Crippen LogP contribution < -0.4 is 5.32 Å². The van der Waals surface area contributed by atoms with Crippen molar-refractivity contribution in [2.24, 2.45) is 0 Å². The number of aromatic nitrogens is 5. The fourth-order valence-electron chi connectivity index (χ4n) is 3.27. The summed E-state index contributed by atoms with van der Waals surface area (Å²) >= 11 is 0. The highest BCUT2D eigenvalue weighted by Gasteiger charge is 2.27. The van der Waals surface area contributed by atoms with Crippen LogP contribution in [0.4, 0.5) is 8.78 Å². The molecule has 0 radical (unpaired) electrons. The third-order valence-electron chi connectivity index (χ3n) is 4.89. The fourth-order valence-corrected chi connectivity index (χ4v) is 3.27. The van der Waals surface area contributed by atoms with E-state index in [0.29, 0.717) is 18.3 Å². The van der Waals surface area contributed by atoms with Crippen LogP contribution >= 0.6 is 0 Å². The molecular weight excluding hydrogens is 418 g/mol. The standard InChI is InChI=1S/C21H22F2N6O.CH2O/c1-14-27-19(28-30-14)17-10-18(13-25-12-17)29-8-4-16-9-15(11-26-20(16)29)3-5-21(22,23)6-7-24-2;1-2/h4,8-13,24H,3,5-7H2,1-2H3;1H2. The summed E-state index contributed by atoms with van der Waals surface area (Å²) < 4.78 is 34.8. The van der Waals surface area contributed by atoms with Gasteiger partial charge in [0.05, 0.1) is 11.9 Å². The largest absolute Gasteiger partial charge is 0.339 e. The maximum atomic E-state index is 13.9. The average molecular weight is 442 g/mol. The van der Waals surface area contributed by atoms with Crippen LogP contribution in [0, 0.1) is 6.92 Å². The number of aryl methyl sites for hydroxylation is 2. The van der Waals surface area contributed by atoms with E-state index in [1.165, 1.54) is 0 Å². The summed E-state index contributed by atoms with van der Waals surface area (Å²) in [4.78, 5) is 21.0. The third kappa shape index (κ3) is 5.38. The number of halogens is 2. The van der Waals surface area contributed by atoms with Crippen LogP contribution in [-0.4, -0.2) is 51.0 Å². The maximum absolute atomic E-state index is 13.9. The van der Waals surface area contributed by atoms with Crippen molar-refractivity contribution in [3.63, 3.8) is 0 Å². The van der Waals surface area contributed by atoms with Crippen LogP contribution in [0.2, 0.25) is 0 Å². The minimum Gasteiger partial charge on any atom is -0.339 e. The molecule has 4 rings (SSSR count). The average Bonchev–Trinajstić information content (AvgIpc) is 3.44. The lowest BCUT2D eigenvalue weighted by molar-refractivity contribution is -0.0980. The quantitative estimate of drug-likeness (QED) is 0.443. The zero-order valence-corrected chi connectivity index (χ0v) is 17.9. The Hall–Kier alpha value is -3.53. The zero-order chi connectivity index (χ0) is 23.1. The van der Waals surface area contributed by atoms with Crippen LogP contribution in [0.15, 0.2) is 47.5 Å². The van der Waals surface area contributed by atoms with Crippen LogP contribution in [-0.2, 0) is 11.2 Å². The Morgan fingerprint density at radius 3 is 2.72 bits per heavy atom. The van der Waals surface area contributed by atoms with E-state index in [9.17, 15) is 8.78 Å². The highest BCUT2D eigenvalue weighted by atomic mass is 19.3. The van der Waals surface area contributed by atoms with E-state index >= 15 is 0 Å². The maximum Gasteiger partial charge on any atom is 0.249 e. The molecule has 0 fully saturated rings. The Morgan fingerprint density at radius 1 is 1.19 bits per heavy atom. The Labute approximate surface area is 183 Å².